The van der Waals surface area contributed by atoms with Crippen LogP contribution >= 0.6 is 11.3 Å². The van der Waals surface area contributed by atoms with E-state index < -0.39 is 0 Å². The van der Waals surface area contributed by atoms with E-state index in [-0.39, 0.29) is 17.9 Å². The third kappa shape index (κ3) is 5.16. The summed E-state index contributed by atoms with van der Waals surface area (Å²) in [7, 11) is 0. The Kier molecular flexibility index (Phi) is 6.46. The predicted molar refractivity (Wildman–Crippen MR) is 116 cm³/mol. The van der Waals surface area contributed by atoms with Gasteiger partial charge in [0.15, 0.2) is 0 Å². The summed E-state index contributed by atoms with van der Waals surface area (Å²) >= 11 is 1.78. The second-order valence-corrected chi connectivity index (χ2v) is 8.79. The highest BCUT2D eigenvalue weighted by Gasteiger charge is 2.32. The molecule has 2 saturated heterocycles. The van der Waals surface area contributed by atoms with Crippen molar-refractivity contribution in [2.24, 2.45) is 5.92 Å². The van der Waals surface area contributed by atoms with Gasteiger partial charge in [0.05, 0.1) is 5.92 Å². The van der Waals surface area contributed by atoms with Crippen LogP contribution in [0.2, 0.25) is 0 Å². The molecule has 2 fully saturated rings. The van der Waals surface area contributed by atoms with E-state index >= 15 is 0 Å². The van der Waals surface area contributed by atoms with Crippen LogP contribution in [-0.4, -0.2) is 65.9 Å². The van der Waals surface area contributed by atoms with Crippen LogP contribution in [0.5, 0.6) is 0 Å². The fourth-order valence-corrected chi connectivity index (χ4v) is 4.84. The third-order valence-electron chi connectivity index (χ3n) is 5.73. The number of hydrogen-bond acceptors (Lipinski definition) is 4. The number of thiophene rings is 1. The van der Waals surface area contributed by atoms with Gasteiger partial charge in [0.2, 0.25) is 5.91 Å². The first-order valence-electron chi connectivity index (χ1n) is 10.3. The molecule has 4 rings (SSSR count). The summed E-state index contributed by atoms with van der Waals surface area (Å²) in [4.78, 5) is 33.2. The van der Waals surface area contributed by atoms with Gasteiger partial charge in [-0.2, -0.15) is 0 Å². The summed E-state index contributed by atoms with van der Waals surface area (Å²) in [5.41, 5.74) is 0.785. The van der Waals surface area contributed by atoms with E-state index in [1.54, 1.807) is 16.2 Å². The minimum atomic E-state index is -0.116. The van der Waals surface area contributed by atoms with Crippen molar-refractivity contribution >= 4 is 29.0 Å². The number of likely N-dealkylation sites (tertiary alicyclic amines) is 1. The van der Waals surface area contributed by atoms with Crippen molar-refractivity contribution in [2.75, 3.05) is 44.6 Å². The van der Waals surface area contributed by atoms with Crippen LogP contribution in [-0.2, 0) is 11.3 Å². The minimum Gasteiger partial charge on any atom is -0.340 e. The van der Waals surface area contributed by atoms with Crippen LogP contribution in [0.15, 0.2) is 47.8 Å². The molecule has 29 heavy (non-hydrogen) atoms. The zero-order valence-corrected chi connectivity index (χ0v) is 17.4. The first kappa shape index (κ1) is 19.9. The maximum absolute atomic E-state index is 13.1. The molecule has 7 heteroatoms. The van der Waals surface area contributed by atoms with Gasteiger partial charge in [-0.15, -0.1) is 11.3 Å². The molecule has 1 atom stereocenters. The molecule has 3 amide bonds. The highest BCUT2D eigenvalue weighted by Crippen LogP contribution is 2.21. The Balaban J connectivity index is 1.27. The normalized spacial score (nSPS) is 20.5. The van der Waals surface area contributed by atoms with E-state index in [4.69, 9.17) is 0 Å². The minimum absolute atomic E-state index is 0.0888. The number of benzene rings is 1. The topological polar surface area (TPSA) is 55.9 Å². The quantitative estimate of drug-likeness (QED) is 0.838. The maximum Gasteiger partial charge on any atom is 0.321 e. The molecule has 6 nitrogen and oxygen atoms in total. The van der Waals surface area contributed by atoms with Crippen LogP contribution < -0.4 is 5.32 Å². The second-order valence-electron chi connectivity index (χ2n) is 7.76. The van der Waals surface area contributed by atoms with Gasteiger partial charge in [-0.1, -0.05) is 24.3 Å². The number of piperidine rings is 1. The van der Waals surface area contributed by atoms with Crippen molar-refractivity contribution in [2.45, 2.75) is 19.4 Å². The van der Waals surface area contributed by atoms with E-state index in [0.29, 0.717) is 13.1 Å². The summed E-state index contributed by atoms with van der Waals surface area (Å²) < 4.78 is 0. The molecule has 2 aromatic rings. The zero-order chi connectivity index (χ0) is 20.1. The number of piperazine rings is 1. The molecule has 0 saturated carbocycles. The van der Waals surface area contributed by atoms with Crippen molar-refractivity contribution in [1.29, 1.82) is 0 Å². The Morgan fingerprint density at radius 3 is 2.48 bits per heavy atom. The lowest BCUT2D eigenvalue weighted by atomic mass is 9.96. The summed E-state index contributed by atoms with van der Waals surface area (Å²) in [6, 6.07) is 13.6. The van der Waals surface area contributed by atoms with Crippen molar-refractivity contribution in [3.8, 4) is 0 Å². The highest BCUT2D eigenvalue weighted by molar-refractivity contribution is 7.09. The largest absolute Gasteiger partial charge is 0.340 e. The van der Waals surface area contributed by atoms with Crippen LogP contribution in [0, 0.1) is 5.92 Å². The molecule has 1 aromatic carbocycles. The summed E-state index contributed by atoms with van der Waals surface area (Å²) in [6.45, 7) is 5.55. The number of carbonyl (C=O) groups excluding carboxylic acids is 2. The van der Waals surface area contributed by atoms with Gasteiger partial charge >= 0.3 is 6.03 Å². The van der Waals surface area contributed by atoms with Crippen molar-refractivity contribution in [1.82, 2.24) is 14.7 Å². The third-order valence-corrected chi connectivity index (χ3v) is 6.59. The van der Waals surface area contributed by atoms with Crippen LogP contribution in [0.1, 0.15) is 17.7 Å². The first-order valence-corrected chi connectivity index (χ1v) is 11.2. The summed E-state index contributed by atoms with van der Waals surface area (Å²) in [6.07, 6.45) is 1.74. The van der Waals surface area contributed by atoms with Gasteiger partial charge in [-0.05, 0) is 36.4 Å². The lowest BCUT2D eigenvalue weighted by Gasteiger charge is -2.39. The summed E-state index contributed by atoms with van der Waals surface area (Å²) in [5, 5.41) is 5.04. The lowest BCUT2D eigenvalue weighted by Crippen LogP contribution is -2.53. The number of rotatable bonds is 4. The monoisotopic (exact) mass is 412 g/mol. The number of hydrogen-bond donors (Lipinski definition) is 1. The van der Waals surface area contributed by atoms with Gasteiger partial charge < -0.3 is 15.1 Å². The predicted octanol–water partition coefficient (Wildman–Crippen LogP) is 3.34. The van der Waals surface area contributed by atoms with Gasteiger partial charge in [0.25, 0.3) is 0 Å². The van der Waals surface area contributed by atoms with E-state index in [2.05, 4.69) is 27.7 Å². The summed E-state index contributed by atoms with van der Waals surface area (Å²) in [5.74, 6) is 0.118. The van der Waals surface area contributed by atoms with Gasteiger partial charge in [0.1, 0.15) is 0 Å². The molecule has 3 heterocycles. The van der Waals surface area contributed by atoms with Gasteiger partial charge in [-0.3, -0.25) is 9.69 Å². The van der Waals surface area contributed by atoms with Gasteiger partial charge in [-0.25, -0.2) is 4.79 Å². The molecule has 2 aliphatic rings. The van der Waals surface area contributed by atoms with E-state index in [9.17, 15) is 9.59 Å². The Bertz CT molecular complexity index is 803. The van der Waals surface area contributed by atoms with Crippen molar-refractivity contribution in [3.05, 3.63) is 52.7 Å². The molecular weight excluding hydrogens is 384 g/mol. The number of urea groups is 1. The van der Waals surface area contributed by atoms with Crippen LogP contribution in [0.4, 0.5) is 10.5 Å². The average Bonchev–Trinajstić information content (AvgIpc) is 3.28. The fourth-order valence-electron chi connectivity index (χ4n) is 4.09. The Hall–Kier alpha value is -2.38. The molecule has 1 aromatic heterocycles. The Labute approximate surface area is 176 Å². The van der Waals surface area contributed by atoms with Gasteiger partial charge in [0, 0.05) is 56.4 Å². The average molecular weight is 413 g/mol. The van der Waals surface area contributed by atoms with E-state index in [1.807, 2.05) is 35.2 Å². The van der Waals surface area contributed by atoms with Crippen molar-refractivity contribution in [3.63, 3.8) is 0 Å². The molecule has 0 radical (unpaired) electrons. The Morgan fingerprint density at radius 1 is 0.966 bits per heavy atom. The maximum atomic E-state index is 13.1. The number of anilines is 1. The molecule has 0 spiro atoms. The fraction of sp³-hybridized carbons (Fsp3) is 0.455. The molecule has 0 bridgehead atoms. The highest BCUT2D eigenvalue weighted by atomic mass is 32.1. The smallest absolute Gasteiger partial charge is 0.321 e. The van der Waals surface area contributed by atoms with E-state index in [0.717, 1.165) is 51.3 Å². The van der Waals surface area contributed by atoms with E-state index in [1.165, 1.54) is 4.88 Å². The molecule has 2 aliphatic heterocycles. The SMILES string of the molecule is O=C(Nc1ccccc1)N1CCCC(C(=O)N2CCN(Cc3cccs3)CC2)C1. The zero-order valence-electron chi connectivity index (χ0n) is 16.6. The number of amides is 3. The van der Waals surface area contributed by atoms with Crippen LogP contribution in [0.3, 0.4) is 0 Å². The number of nitrogens with zero attached hydrogens (tertiary/aromatic N) is 3. The molecule has 1 unspecified atom stereocenters. The number of nitrogens with one attached hydrogen (secondary N) is 1. The molecule has 154 valence electrons. The number of carbonyl (C=O) groups is 2. The number of para-hydroxylation sites is 1. The van der Waals surface area contributed by atoms with Crippen molar-refractivity contribution < 1.29 is 9.59 Å². The first-order chi connectivity index (χ1) is 14.2. The molecule has 1 N–H and O–H groups in total. The molecular formula is C22H28N4O2S. The second kappa shape index (κ2) is 9.41. The standard InChI is InChI=1S/C22H28N4O2S/c27-21(25-13-11-24(12-14-25)17-20-9-5-15-29-20)18-6-4-10-26(16-18)22(28)23-19-7-2-1-3-8-19/h1-3,5,7-9,15,18H,4,6,10-14,16-17H2,(H,23,28). The molecule has 0 aliphatic carbocycles. The Morgan fingerprint density at radius 2 is 1.76 bits per heavy atom. The van der Waals surface area contributed by atoms with Crippen LogP contribution in [0.25, 0.3) is 0 Å². The lowest BCUT2D eigenvalue weighted by molar-refractivity contribution is -0.138.